The smallest absolute Gasteiger partial charge is 0.272 e. The predicted octanol–water partition coefficient (Wildman–Crippen LogP) is 1.36. The van der Waals surface area contributed by atoms with Crippen LogP contribution in [0, 0.1) is 0 Å². The third-order valence-corrected chi connectivity index (χ3v) is 2.51. The molecule has 0 atom stereocenters. The van der Waals surface area contributed by atoms with Gasteiger partial charge in [-0.05, 0) is 12.1 Å². The molecule has 0 aliphatic carbocycles. The number of rotatable bonds is 1. The van der Waals surface area contributed by atoms with Crippen molar-refractivity contribution >= 4 is 28.1 Å². The van der Waals surface area contributed by atoms with E-state index < -0.39 is 0 Å². The Kier molecular flexibility index (Phi) is 3.38. The molecule has 2 heterocycles. The fraction of sp³-hybridized carbons (Fsp3) is 0.250. The summed E-state index contributed by atoms with van der Waals surface area (Å²) >= 11 is 0. The van der Waals surface area contributed by atoms with Crippen LogP contribution in [0.3, 0.4) is 0 Å². The molecule has 0 bridgehead atoms. The van der Waals surface area contributed by atoms with E-state index >= 15 is 0 Å². The van der Waals surface area contributed by atoms with Crippen LogP contribution in [-0.4, -0.2) is 22.6 Å². The van der Waals surface area contributed by atoms with Gasteiger partial charge in [-0.2, -0.15) is 5.10 Å². The lowest BCUT2D eigenvalue weighted by Crippen LogP contribution is -2.25. The van der Waals surface area contributed by atoms with Gasteiger partial charge in [-0.15, -0.1) is 0 Å². The Morgan fingerprint density at radius 3 is 2.83 bits per heavy atom. The largest absolute Gasteiger partial charge is 0.342 e. The molecule has 0 saturated heterocycles. The van der Waals surface area contributed by atoms with Crippen molar-refractivity contribution in [3.05, 3.63) is 28.6 Å². The number of aromatic nitrogens is 2. The minimum atomic E-state index is -0.214. The lowest BCUT2D eigenvalue weighted by Gasteiger charge is -2.16. The molecule has 0 radical (unpaired) electrons. The second-order valence-corrected chi connectivity index (χ2v) is 3.49. The highest BCUT2D eigenvalue weighted by Gasteiger charge is 2.15. The molecule has 94 valence electrons. The van der Waals surface area contributed by atoms with E-state index in [0.29, 0.717) is 23.6 Å². The van der Waals surface area contributed by atoms with Gasteiger partial charge < -0.3 is 11.1 Å². The number of nitrogens with two attached hydrogens (primary N) is 1. The van der Waals surface area contributed by atoms with Crippen molar-refractivity contribution in [3.63, 3.8) is 0 Å². The molecule has 1 aromatic carbocycles. The SMILES string of the molecule is CC.NCC1=Nc2n[nH]c(=O)c3cccc(c23)N1. The van der Waals surface area contributed by atoms with Crippen molar-refractivity contribution in [1.82, 2.24) is 10.2 Å². The number of benzene rings is 1. The van der Waals surface area contributed by atoms with Gasteiger partial charge >= 0.3 is 0 Å². The second-order valence-electron chi connectivity index (χ2n) is 3.49. The van der Waals surface area contributed by atoms with Gasteiger partial charge in [-0.3, -0.25) is 4.79 Å². The zero-order valence-electron chi connectivity index (χ0n) is 10.3. The first kappa shape index (κ1) is 12.3. The minimum Gasteiger partial charge on any atom is -0.342 e. The van der Waals surface area contributed by atoms with Gasteiger partial charge in [-0.25, -0.2) is 10.1 Å². The molecule has 0 spiro atoms. The van der Waals surface area contributed by atoms with Crippen LogP contribution in [0.4, 0.5) is 11.5 Å². The Morgan fingerprint density at radius 2 is 2.11 bits per heavy atom. The van der Waals surface area contributed by atoms with Gasteiger partial charge in [0.25, 0.3) is 5.56 Å². The van der Waals surface area contributed by atoms with E-state index in [1.54, 1.807) is 6.07 Å². The third kappa shape index (κ3) is 1.86. The molecule has 1 aromatic heterocycles. The number of H-pyrrole nitrogens is 1. The van der Waals surface area contributed by atoms with Crippen LogP contribution >= 0.6 is 0 Å². The normalized spacial score (nSPS) is 12.3. The molecule has 18 heavy (non-hydrogen) atoms. The van der Waals surface area contributed by atoms with Gasteiger partial charge in [0.1, 0.15) is 5.84 Å². The zero-order valence-corrected chi connectivity index (χ0v) is 10.3. The molecule has 6 heteroatoms. The van der Waals surface area contributed by atoms with Crippen LogP contribution in [-0.2, 0) is 0 Å². The fourth-order valence-electron chi connectivity index (χ4n) is 1.80. The number of aromatic amines is 1. The standard InChI is InChI=1S/C10H9N5O.C2H6/c11-4-7-12-6-3-1-2-5-8(6)9(13-7)14-15-10(5)16;1-2/h1-3H,4,11H2,(H,15,16)(H,12,13,14);1-2H3. The van der Waals surface area contributed by atoms with Crippen LogP contribution in [0.15, 0.2) is 28.0 Å². The molecule has 1 aliphatic heterocycles. The van der Waals surface area contributed by atoms with Gasteiger partial charge in [0.05, 0.1) is 23.0 Å². The van der Waals surface area contributed by atoms with Gasteiger partial charge in [0.15, 0.2) is 5.82 Å². The van der Waals surface area contributed by atoms with Crippen molar-refractivity contribution in [2.75, 3.05) is 11.9 Å². The average Bonchev–Trinajstić information content (AvgIpc) is 2.44. The Morgan fingerprint density at radius 1 is 1.33 bits per heavy atom. The second kappa shape index (κ2) is 4.97. The molecule has 0 fully saturated rings. The van der Waals surface area contributed by atoms with E-state index in [2.05, 4.69) is 20.5 Å². The maximum atomic E-state index is 11.6. The number of aliphatic imine (C=N–C) groups is 1. The molecule has 4 N–H and O–H groups in total. The van der Waals surface area contributed by atoms with Crippen LogP contribution in [0.25, 0.3) is 10.8 Å². The van der Waals surface area contributed by atoms with E-state index in [4.69, 9.17) is 5.73 Å². The lowest BCUT2D eigenvalue weighted by molar-refractivity contribution is 1.00. The number of hydrogen-bond acceptors (Lipinski definition) is 5. The van der Waals surface area contributed by atoms with Crippen molar-refractivity contribution in [2.24, 2.45) is 10.7 Å². The maximum absolute atomic E-state index is 11.6. The molecular formula is C12H15N5O. The monoisotopic (exact) mass is 245 g/mol. The molecule has 0 unspecified atom stereocenters. The van der Waals surface area contributed by atoms with E-state index in [-0.39, 0.29) is 5.56 Å². The van der Waals surface area contributed by atoms with E-state index in [0.717, 1.165) is 11.1 Å². The predicted molar refractivity (Wildman–Crippen MR) is 73.5 cm³/mol. The van der Waals surface area contributed by atoms with Gasteiger partial charge in [-0.1, -0.05) is 19.9 Å². The topological polar surface area (TPSA) is 96.2 Å². The number of amidine groups is 1. The van der Waals surface area contributed by atoms with Crippen molar-refractivity contribution in [3.8, 4) is 0 Å². The summed E-state index contributed by atoms with van der Waals surface area (Å²) in [6.07, 6.45) is 0. The van der Waals surface area contributed by atoms with Gasteiger partial charge in [0, 0.05) is 0 Å². The molecule has 0 amide bonds. The molecular weight excluding hydrogens is 230 g/mol. The first-order valence-electron chi connectivity index (χ1n) is 5.85. The van der Waals surface area contributed by atoms with Crippen LogP contribution in [0.2, 0.25) is 0 Å². The summed E-state index contributed by atoms with van der Waals surface area (Å²) < 4.78 is 0. The number of nitrogens with zero attached hydrogens (tertiary/aromatic N) is 2. The molecule has 0 saturated carbocycles. The summed E-state index contributed by atoms with van der Waals surface area (Å²) in [5, 5.41) is 10.7. The maximum Gasteiger partial charge on any atom is 0.272 e. The van der Waals surface area contributed by atoms with E-state index in [1.807, 2.05) is 26.0 Å². The molecule has 1 aliphatic rings. The van der Waals surface area contributed by atoms with E-state index in [9.17, 15) is 4.79 Å². The number of nitrogens with one attached hydrogen (secondary N) is 2. The summed E-state index contributed by atoms with van der Waals surface area (Å²) in [7, 11) is 0. The summed E-state index contributed by atoms with van der Waals surface area (Å²) in [4.78, 5) is 15.8. The molecule has 3 rings (SSSR count). The summed E-state index contributed by atoms with van der Waals surface area (Å²) in [6.45, 7) is 4.30. The highest BCUT2D eigenvalue weighted by molar-refractivity contribution is 6.12. The highest BCUT2D eigenvalue weighted by Crippen LogP contribution is 2.31. The molecule has 2 aromatic rings. The summed E-state index contributed by atoms with van der Waals surface area (Å²) in [5.74, 6) is 1.14. The lowest BCUT2D eigenvalue weighted by atomic mass is 10.1. The Bertz CT molecular complexity index is 659. The Balaban J connectivity index is 0.000000574. The van der Waals surface area contributed by atoms with Crippen LogP contribution in [0.1, 0.15) is 13.8 Å². The zero-order chi connectivity index (χ0) is 13.1. The van der Waals surface area contributed by atoms with Gasteiger partial charge in [0.2, 0.25) is 0 Å². The highest BCUT2D eigenvalue weighted by atomic mass is 16.1. The first-order chi connectivity index (χ1) is 8.79. The number of hydrogen-bond donors (Lipinski definition) is 3. The first-order valence-corrected chi connectivity index (χ1v) is 5.85. The fourth-order valence-corrected chi connectivity index (χ4v) is 1.80. The third-order valence-electron chi connectivity index (χ3n) is 2.51. The van der Waals surface area contributed by atoms with Crippen LogP contribution < -0.4 is 16.6 Å². The van der Waals surface area contributed by atoms with E-state index in [1.165, 1.54) is 0 Å². The Labute approximate surface area is 104 Å². The summed E-state index contributed by atoms with van der Waals surface area (Å²) in [6, 6.07) is 5.42. The minimum absolute atomic E-state index is 0.214. The molecule has 6 nitrogen and oxygen atoms in total. The van der Waals surface area contributed by atoms with Crippen LogP contribution in [0.5, 0.6) is 0 Å². The quantitative estimate of drug-likeness (QED) is 0.706. The average molecular weight is 245 g/mol. The van der Waals surface area contributed by atoms with Crippen molar-refractivity contribution in [2.45, 2.75) is 13.8 Å². The number of anilines is 1. The Hall–Kier alpha value is -2.21. The van der Waals surface area contributed by atoms with Crippen molar-refractivity contribution in [1.29, 1.82) is 0 Å². The van der Waals surface area contributed by atoms with Crippen molar-refractivity contribution < 1.29 is 0 Å². The summed E-state index contributed by atoms with van der Waals surface area (Å²) in [5.41, 5.74) is 6.13.